The van der Waals surface area contributed by atoms with Gasteiger partial charge in [-0.1, -0.05) is 6.07 Å². The molecule has 106 valence electrons. The van der Waals surface area contributed by atoms with Crippen LogP contribution in [0.1, 0.15) is 0 Å². The second kappa shape index (κ2) is 5.50. The molecule has 0 spiro atoms. The molecule has 0 amide bonds. The number of ether oxygens (including phenoxy) is 1. The van der Waals surface area contributed by atoms with E-state index in [0.29, 0.717) is 23.7 Å². The molecule has 2 N–H and O–H groups in total. The van der Waals surface area contributed by atoms with Crippen molar-refractivity contribution in [2.75, 3.05) is 42.0 Å². The van der Waals surface area contributed by atoms with Crippen LogP contribution in [0.5, 0.6) is 5.75 Å². The molecular weight excluding hydrogens is 284 g/mol. The van der Waals surface area contributed by atoms with Crippen LogP contribution in [0.3, 0.4) is 0 Å². The van der Waals surface area contributed by atoms with Crippen LogP contribution in [-0.2, 0) is 9.84 Å². The molecule has 1 heterocycles. The van der Waals surface area contributed by atoms with Crippen LogP contribution in [0.25, 0.3) is 0 Å². The Morgan fingerprint density at radius 1 is 1.47 bits per heavy atom. The van der Waals surface area contributed by atoms with Crippen LogP contribution in [0.2, 0.25) is 0 Å². The smallest absolute Gasteiger partial charge is 0.169 e. The largest absolute Gasteiger partial charge is 0.495 e. The quantitative estimate of drug-likeness (QED) is 0.846. The van der Waals surface area contributed by atoms with Crippen molar-refractivity contribution in [1.29, 1.82) is 0 Å². The van der Waals surface area contributed by atoms with Gasteiger partial charge in [0.1, 0.15) is 11.1 Å². The molecule has 1 aliphatic heterocycles. The van der Waals surface area contributed by atoms with E-state index in [1.165, 1.54) is 6.26 Å². The summed E-state index contributed by atoms with van der Waals surface area (Å²) >= 11 is 1.65. The predicted molar refractivity (Wildman–Crippen MR) is 80.7 cm³/mol. The molecule has 1 atom stereocenters. The highest BCUT2D eigenvalue weighted by Crippen LogP contribution is 2.35. The van der Waals surface area contributed by atoms with Crippen molar-refractivity contribution >= 4 is 33.0 Å². The number of rotatable bonds is 3. The normalized spacial score (nSPS) is 20.3. The van der Waals surface area contributed by atoms with Gasteiger partial charge in [0.15, 0.2) is 9.84 Å². The molecule has 1 fully saturated rings. The van der Waals surface area contributed by atoms with Crippen LogP contribution in [0.15, 0.2) is 18.2 Å². The maximum Gasteiger partial charge on any atom is 0.169 e. The molecule has 7 heteroatoms. The summed E-state index contributed by atoms with van der Waals surface area (Å²) in [5.74, 6) is 2.03. The number of nitrogen functional groups attached to an aromatic ring is 1. The summed E-state index contributed by atoms with van der Waals surface area (Å²) in [7, 11) is -1.60. The van der Waals surface area contributed by atoms with Crippen molar-refractivity contribution in [3.05, 3.63) is 18.2 Å². The van der Waals surface area contributed by atoms with Crippen molar-refractivity contribution in [1.82, 2.24) is 0 Å². The van der Waals surface area contributed by atoms with E-state index in [0.717, 1.165) is 11.4 Å². The second-order valence-corrected chi connectivity index (χ2v) is 7.80. The fourth-order valence-electron chi connectivity index (χ4n) is 2.17. The topological polar surface area (TPSA) is 72.6 Å². The zero-order valence-corrected chi connectivity index (χ0v) is 12.6. The first kappa shape index (κ1) is 14.3. The predicted octanol–water partition coefficient (Wildman–Crippen LogP) is 1.20. The Labute approximate surface area is 118 Å². The van der Waals surface area contributed by atoms with Gasteiger partial charge in [-0.25, -0.2) is 8.42 Å². The van der Waals surface area contributed by atoms with Crippen molar-refractivity contribution in [2.45, 2.75) is 5.37 Å². The number of para-hydroxylation sites is 1. The molecule has 1 unspecified atom stereocenters. The fraction of sp³-hybridized carbons (Fsp3) is 0.500. The van der Waals surface area contributed by atoms with E-state index in [1.54, 1.807) is 24.9 Å². The molecule has 0 saturated carbocycles. The minimum atomic E-state index is -3.15. The van der Waals surface area contributed by atoms with Crippen LogP contribution in [0, 0.1) is 0 Å². The lowest BCUT2D eigenvalue weighted by Gasteiger charge is -2.36. The lowest BCUT2D eigenvalue weighted by Crippen LogP contribution is -2.47. The van der Waals surface area contributed by atoms with Gasteiger partial charge < -0.3 is 15.4 Å². The molecule has 0 radical (unpaired) electrons. The highest BCUT2D eigenvalue weighted by Gasteiger charge is 2.32. The number of hydrogen-bond donors (Lipinski definition) is 1. The number of sulfone groups is 1. The minimum absolute atomic E-state index is 0.491. The lowest BCUT2D eigenvalue weighted by molar-refractivity contribution is 0.417. The van der Waals surface area contributed by atoms with Gasteiger partial charge in [-0.05, 0) is 12.1 Å². The zero-order valence-electron chi connectivity index (χ0n) is 11.0. The minimum Gasteiger partial charge on any atom is -0.495 e. The Kier molecular flexibility index (Phi) is 4.15. The van der Waals surface area contributed by atoms with E-state index in [9.17, 15) is 8.42 Å². The average Bonchev–Trinajstić information content (AvgIpc) is 2.38. The van der Waals surface area contributed by atoms with Crippen molar-refractivity contribution in [3.63, 3.8) is 0 Å². The molecular formula is C12H18N2O3S2. The summed E-state index contributed by atoms with van der Waals surface area (Å²) in [6, 6.07) is 5.44. The number of hydrogen-bond acceptors (Lipinski definition) is 6. The Morgan fingerprint density at radius 3 is 2.84 bits per heavy atom. The third-order valence-corrected chi connectivity index (χ3v) is 5.79. The molecule has 1 saturated heterocycles. The van der Waals surface area contributed by atoms with Gasteiger partial charge in [0.2, 0.25) is 0 Å². The maximum atomic E-state index is 11.9. The molecule has 5 nitrogen and oxygen atoms in total. The van der Waals surface area contributed by atoms with Crippen LogP contribution < -0.4 is 15.4 Å². The summed E-state index contributed by atoms with van der Waals surface area (Å²) in [4.78, 5) is 1.86. The summed E-state index contributed by atoms with van der Waals surface area (Å²) in [6.07, 6.45) is 1.27. The van der Waals surface area contributed by atoms with Crippen LogP contribution >= 0.6 is 11.8 Å². The molecule has 19 heavy (non-hydrogen) atoms. The first-order valence-corrected chi connectivity index (χ1v) is 9.02. The van der Waals surface area contributed by atoms with Gasteiger partial charge in [-0.2, -0.15) is 11.8 Å². The first-order valence-electron chi connectivity index (χ1n) is 5.91. The zero-order chi connectivity index (χ0) is 14.0. The van der Waals surface area contributed by atoms with Crippen molar-refractivity contribution in [3.8, 4) is 5.75 Å². The number of nitrogens with two attached hydrogens (primary N) is 1. The van der Waals surface area contributed by atoms with Gasteiger partial charge in [-0.3, -0.25) is 0 Å². The fourth-order valence-corrected chi connectivity index (χ4v) is 5.00. The van der Waals surface area contributed by atoms with Gasteiger partial charge in [0, 0.05) is 24.3 Å². The van der Waals surface area contributed by atoms with E-state index in [1.807, 2.05) is 17.0 Å². The third-order valence-electron chi connectivity index (χ3n) is 3.15. The van der Waals surface area contributed by atoms with Gasteiger partial charge in [0.25, 0.3) is 0 Å². The average molecular weight is 302 g/mol. The molecule has 1 aromatic carbocycles. The lowest BCUT2D eigenvalue weighted by atomic mass is 10.2. The Balaban J connectivity index is 2.44. The van der Waals surface area contributed by atoms with E-state index in [2.05, 4.69) is 0 Å². The summed E-state index contributed by atoms with van der Waals surface area (Å²) < 4.78 is 29.0. The van der Waals surface area contributed by atoms with E-state index in [-0.39, 0.29) is 0 Å². The SMILES string of the molecule is COc1cccc(N2CCSCC2S(C)(=O)=O)c1N. The molecule has 0 aromatic heterocycles. The summed E-state index contributed by atoms with van der Waals surface area (Å²) in [6.45, 7) is 0.666. The number of benzene rings is 1. The number of thioether (sulfide) groups is 1. The standard InChI is InChI=1S/C12H18N2O3S2/c1-17-10-5-3-4-9(12(10)13)14-6-7-18-8-11(14)19(2,15)16/h3-5,11H,6-8,13H2,1-2H3. The third kappa shape index (κ3) is 2.92. The van der Waals surface area contributed by atoms with Gasteiger partial charge >= 0.3 is 0 Å². The van der Waals surface area contributed by atoms with Crippen molar-refractivity contribution < 1.29 is 13.2 Å². The van der Waals surface area contributed by atoms with Gasteiger partial charge in [0.05, 0.1) is 18.5 Å². The number of methoxy groups -OCH3 is 1. The van der Waals surface area contributed by atoms with E-state index in [4.69, 9.17) is 10.5 Å². The molecule has 1 aromatic rings. The van der Waals surface area contributed by atoms with Crippen molar-refractivity contribution in [2.24, 2.45) is 0 Å². The molecule has 1 aliphatic rings. The summed E-state index contributed by atoms with van der Waals surface area (Å²) in [5, 5.41) is -0.527. The van der Waals surface area contributed by atoms with Gasteiger partial charge in [-0.15, -0.1) is 0 Å². The van der Waals surface area contributed by atoms with Crippen LogP contribution in [-0.4, -0.2) is 45.2 Å². The Bertz CT molecular complexity index is 560. The number of nitrogens with zero attached hydrogens (tertiary/aromatic N) is 1. The van der Waals surface area contributed by atoms with E-state index < -0.39 is 15.2 Å². The Morgan fingerprint density at radius 2 is 2.21 bits per heavy atom. The molecule has 0 bridgehead atoms. The number of anilines is 2. The maximum absolute atomic E-state index is 11.9. The van der Waals surface area contributed by atoms with Crippen LogP contribution in [0.4, 0.5) is 11.4 Å². The second-order valence-electron chi connectivity index (χ2n) is 4.45. The van der Waals surface area contributed by atoms with E-state index >= 15 is 0 Å². The monoisotopic (exact) mass is 302 g/mol. The summed E-state index contributed by atoms with van der Waals surface area (Å²) in [5.41, 5.74) is 7.28. The highest BCUT2D eigenvalue weighted by atomic mass is 32.2. The molecule has 0 aliphatic carbocycles. The highest BCUT2D eigenvalue weighted by molar-refractivity contribution is 8.01. The Hall–Kier alpha value is -1.08. The molecule has 2 rings (SSSR count). The first-order chi connectivity index (χ1) is 8.95.